The first-order chi connectivity index (χ1) is 9.30. The normalized spacial score (nSPS) is 23.0. The number of hydrogen-bond acceptors (Lipinski definition) is 4. The number of benzene rings is 1. The lowest BCUT2D eigenvalue weighted by molar-refractivity contribution is -0.185. The Morgan fingerprint density at radius 2 is 1.58 bits per heavy atom. The monoisotopic (exact) mass is 263 g/mol. The molecule has 2 saturated heterocycles. The van der Waals surface area contributed by atoms with Gasteiger partial charge in [-0.05, 0) is 11.1 Å². The minimum Gasteiger partial charge on any atom is -0.392 e. The van der Waals surface area contributed by atoms with Crippen LogP contribution in [0, 0.1) is 0 Å². The maximum atomic E-state index is 9.03. The van der Waals surface area contributed by atoms with E-state index in [1.807, 2.05) is 12.1 Å². The molecule has 3 rings (SSSR count). The summed E-state index contributed by atoms with van der Waals surface area (Å²) in [4.78, 5) is 2.43. The van der Waals surface area contributed by atoms with E-state index >= 15 is 0 Å². The molecular formula is C15H21NO3. The summed E-state index contributed by atoms with van der Waals surface area (Å²) in [5.41, 5.74) is 2.26. The fourth-order valence-corrected chi connectivity index (χ4v) is 2.85. The highest BCUT2D eigenvalue weighted by Crippen LogP contribution is 2.31. The number of ether oxygens (including phenoxy) is 2. The van der Waals surface area contributed by atoms with E-state index in [0.717, 1.165) is 51.3 Å². The molecule has 1 N–H and O–H groups in total. The Labute approximate surface area is 113 Å². The van der Waals surface area contributed by atoms with Gasteiger partial charge in [-0.15, -0.1) is 0 Å². The van der Waals surface area contributed by atoms with Gasteiger partial charge in [0.15, 0.2) is 5.79 Å². The van der Waals surface area contributed by atoms with Crippen LogP contribution in [0.2, 0.25) is 0 Å². The number of rotatable bonds is 3. The molecule has 19 heavy (non-hydrogen) atoms. The molecule has 0 bridgehead atoms. The summed E-state index contributed by atoms with van der Waals surface area (Å²) in [6.07, 6.45) is 1.92. The van der Waals surface area contributed by atoms with Gasteiger partial charge in [-0.3, -0.25) is 4.90 Å². The lowest BCUT2D eigenvalue weighted by Gasteiger charge is -2.37. The first-order valence-corrected chi connectivity index (χ1v) is 6.99. The van der Waals surface area contributed by atoms with E-state index in [0.29, 0.717) is 0 Å². The SMILES string of the molecule is OCc1ccc(CN2CCC3(CC2)OCCO3)cc1. The van der Waals surface area contributed by atoms with Gasteiger partial charge in [-0.25, -0.2) is 0 Å². The first-order valence-electron chi connectivity index (χ1n) is 6.99. The standard InChI is InChI=1S/C15H21NO3/c17-12-14-3-1-13(2-4-14)11-16-7-5-15(6-8-16)18-9-10-19-15/h1-4,17H,5-12H2. The van der Waals surface area contributed by atoms with Crippen molar-refractivity contribution in [2.45, 2.75) is 31.8 Å². The highest BCUT2D eigenvalue weighted by Gasteiger charge is 2.39. The number of nitrogens with zero attached hydrogens (tertiary/aromatic N) is 1. The maximum Gasteiger partial charge on any atom is 0.170 e. The van der Waals surface area contributed by atoms with E-state index in [1.165, 1.54) is 5.56 Å². The van der Waals surface area contributed by atoms with Gasteiger partial charge < -0.3 is 14.6 Å². The van der Waals surface area contributed by atoms with E-state index in [4.69, 9.17) is 14.6 Å². The molecule has 4 heteroatoms. The average Bonchev–Trinajstić information content (AvgIpc) is 2.91. The molecule has 0 radical (unpaired) electrons. The third-order valence-electron chi connectivity index (χ3n) is 4.04. The molecule has 1 spiro atoms. The van der Waals surface area contributed by atoms with Gasteiger partial charge in [0.05, 0.1) is 19.8 Å². The third-order valence-corrected chi connectivity index (χ3v) is 4.04. The second kappa shape index (κ2) is 5.59. The molecule has 104 valence electrons. The second-order valence-corrected chi connectivity index (χ2v) is 5.36. The van der Waals surface area contributed by atoms with E-state index in [-0.39, 0.29) is 12.4 Å². The smallest absolute Gasteiger partial charge is 0.170 e. The zero-order chi connectivity index (χ0) is 13.1. The Kier molecular flexibility index (Phi) is 3.84. The van der Waals surface area contributed by atoms with Gasteiger partial charge in [0.1, 0.15) is 0 Å². The van der Waals surface area contributed by atoms with Gasteiger partial charge in [0.25, 0.3) is 0 Å². The van der Waals surface area contributed by atoms with Crippen molar-refractivity contribution in [2.24, 2.45) is 0 Å². The summed E-state index contributed by atoms with van der Waals surface area (Å²) in [6, 6.07) is 8.17. The number of hydrogen-bond donors (Lipinski definition) is 1. The number of piperidine rings is 1. The lowest BCUT2D eigenvalue weighted by Crippen LogP contribution is -2.44. The van der Waals surface area contributed by atoms with Gasteiger partial charge in [-0.1, -0.05) is 24.3 Å². The van der Waals surface area contributed by atoms with Crippen molar-refractivity contribution in [1.29, 1.82) is 0 Å². The number of aliphatic hydroxyl groups is 1. The predicted octanol–water partition coefficient (Wildman–Crippen LogP) is 1.52. The van der Waals surface area contributed by atoms with Gasteiger partial charge >= 0.3 is 0 Å². The Hall–Kier alpha value is -0.940. The molecule has 2 aliphatic rings. The molecule has 1 aromatic rings. The Morgan fingerprint density at radius 1 is 1.00 bits per heavy atom. The van der Waals surface area contributed by atoms with Crippen LogP contribution in [0.25, 0.3) is 0 Å². The van der Waals surface area contributed by atoms with Crippen LogP contribution >= 0.6 is 0 Å². The number of likely N-dealkylation sites (tertiary alicyclic amines) is 1. The van der Waals surface area contributed by atoms with Crippen LogP contribution in [0.3, 0.4) is 0 Å². The largest absolute Gasteiger partial charge is 0.392 e. The highest BCUT2D eigenvalue weighted by atomic mass is 16.7. The average molecular weight is 263 g/mol. The number of aliphatic hydroxyl groups excluding tert-OH is 1. The van der Waals surface area contributed by atoms with Crippen LogP contribution in [0.1, 0.15) is 24.0 Å². The van der Waals surface area contributed by atoms with Crippen LogP contribution < -0.4 is 0 Å². The van der Waals surface area contributed by atoms with Gasteiger partial charge in [0, 0.05) is 32.5 Å². The Bertz CT molecular complexity index is 402. The van der Waals surface area contributed by atoms with Crippen LogP contribution in [0.4, 0.5) is 0 Å². The zero-order valence-corrected chi connectivity index (χ0v) is 11.2. The van der Waals surface area contributed by atoms with Crippen molar-refractivity contribution in [3.63, 3.8) is 0 Å². The molecule has 2 aliphatic heterocycles. The van der Waals surface area contributed by atoms with Crippen molar-refractivity contribution in [3.8, 4) is 0 Å². The molecule has 0 unspecified atom stereocenters. The van der Waals surface area contributed by atoms with Crippen molar-refractivity contribution in [1.82, 2.24) is 4.90 Å². The van der Waals surface area contributed by atoms with Gasteiger partial charge in [0.2, 0.25) is 0 Å². The molecule has 0 amide bonds. The van der Waals surface area contributed by atoms with E-state index in [9.17, 15) is 0 Å². The molecule has 0 saturated carbocycles. The third kappa shape index (κ3) is 2.98. The van der Waals surface area contributed by atoms with Crippen LogP contribution in [0.15, 0.2) is 24.3 Å². The molecule has 1 aromatic carbocycles. The topological polar surface area (TPSA) is 41.9 Å². The first kappa shape index (κ1) is 13.1. The summed E-state index contributed by atoms with van der Waals surface area (Å²) < 4.78 is 11.5. The summed E-state index contributed by atoms with van der Waals surface area (Å²) in [5.74, 6) is -0.281. The van der Waals surface area contributed by atoms with Crippen molar-refractivity contribution in [2.75, 3.05) is 26.3 Å². The van der Waals surface area contributed by atoms with Crippen molar-refractivity contribution in [3.05, 3.63) is 35.4 Å². The lowest BCUT2D eigenvalue weighted by atomic mass is 10.0. The summed E-state index contributed by atoms with van der Waals surface area (Å²) in [6.45, 7) is 4.58. The van der Waals surface area contributed by atoms with Crippen LogP contribution in [-0.2, 0) is 22.6 Å². The summed E-state index contributed by atoms with van der Waals surface area (Å²) >= 11 is 0. The molecule has 0 aromatic heterocycles. The molecular weight excluding hydrogens is 242 g/mol. The van der Waals surface area contributed by atoms with E-state index in [2.05, 4.69) is 17.0 Å². The van der Waals surface area contributed by atoms with E-state index < -0.39 is 0 Å². The quantitative estimate of drug-likeness (QED) is 0.898. The van der Waals surface area contributed by atoms with E-state index in [1.54, 1.807) is 0 Å². The van der Waals surface area contributed by atoms with Crippen molar-refractivity contribution >= 4 is 0 Å². The fourth-order valence-electron chi connectivity index (χ4n) is 2.85. The minimum absolute atomic E-state index is 0.112. The van der Waals surface area contributed by atoms with Crippen LogP contribution in [0.5, 0.6) is 0 Å². The van der Waals surface area contributed by atoms with Crippen molar-refractivity contribution < 1.29 is 14.6 Å². The molecule has 0 atom stereocenters. The maximum absolute atomic E-state index is 9.03. The predicted molar refractivity (Wildman–Crippen MR) is 71.5 cm³/mol. The summed E-state index contributed by atoms with van der Waals surface area (Å²) in [7, 11) is 0. The molecule has 2 heterocycles. The summed E-state index contributed by atoms with van der Waals surface area (Å²) in [5, 5.41) is 9.03. The second-order valence-electron chi connectivity index (χ2n) is 5.36. The molecule has 4 nitrogen and oxygen atoms in total. The zero-order valence-electron chi connectivity index (χ0n) is 11.2. The Morgan fingerprint density at radius 3 is 2.16 bits per heavy atom. The Balaban J connectivity index is 1.53. The molecule has 2 fully saturated rings. The van der Waals surface area contributed by atoms with Crippen LogP contribution in [-0.4, -0.2) is 42.1 Å². The highest BCUT2D eigenvalue weighted by molar-refractivity contribution is 5.21. The minimum atomic E-state index is -0.281. The van der Waals surface area contributed by atoms with Gasteiger partial charge in [-0.2, -0.15) is 0 Å². The molecule has 0 aliphatic carbocycles. The fraction of sp³-hybridized carbons (Fsp3) is 0.600.